The minimum absolute atomic E-state index is 0.181. The zero-order chi connectivity index (χ0) is 15.0. The SMILES string of the molecule is CCN(CC)C(=O)CCNC(C)Cc1cccc(F)c1. The lowest BCUT2D eigenvalue weighted by molar-refractivity contribution is -0.130. The second-order valence-corrected chi connectivity index (χ2v) is 5.01. The highest BCUT2D eigenvalue weighted by molar-refractivity contribution is 5.76. The second-order valence-electron chi connectivity index (χ2n) is 5.01. The van der Waals surface area contributed by atoms with Crippen molar-refractivity contribution in [1.82, 2.24) is 10.2 Å². The van der Waals surface area contributed by atoms with Gasteiger partial charge in [0.05, 0.1) is 0 Å². The molecule has 0 aliphatic rings. The molecule has 1 N–H and O–H groups in total. The highest BCUT2D eigenvalue weighted by Gasteiger charge is 2.10. The number of hydrogen-bond donors (Lipinski definition) is 1. The van der Waals surface area contributed by atoms with Crippen molar-refractivity contribution in [2.24, 2.45) is 0 Å². The Hall–Kier alpha value is -1.42. The molecule has 1 aromatic carbocycles. The number of nitrogens with one attached hydrogen (secondary N) is 1. The fraction of sp³-hybridized carbons (Fsp3) is 0.562. The summed E-state index contributed by atoms with van der Waals surface area (Å²) in [4.78, 5) is 13.7. The van der Waals surface area contributed by atoms with E-state index in [9.17, 15) is 9.18 Å². The molecule has 1 unspecified atom stereocenters. The van der Waals surface area contributed by atoms with Gasteiger partial charge in [0.1, 0.15) is 5.82 Å². The highest BCUT2D eigenvalue weighted by Crippen LogP contribution is 2.06. The summed E-state index contributed by atoms with van der Waals surface area (Å²) in [5, 5.41) is 3.31. The summed E-state index contributed by atoms with van der Waals surface area (Å²) in [7, 11) is 0. The van der Waals surface area contributed by atoms with Crippen LogP contribution >= 0.6 is 0 Å². The van der Waals surface area contributed by atoms with Crippen LogP contribution in [-0.2, 0) is 11.2 Å². The molecule has 0 fully saturated rings. The molecule has 0 saturated heterocycles. The number of halogens is 1. The second kappa shape index (κ2) is 8.69. The standard InChI is InChI=1S/C16H25FN2O/c1-4-19(5-2)16(20)9-10-18-13(3)11-14-7-6-8-15(17)12-14/h6-8,12-13,18H,4-5,9-11H2,1-3H3. The van der Waals surface area contributed by atoms with Crippen LogP contribution in [0.15, 0.2) is 24.3 Å². The fourth-order valence-electron chi connectivity index (χ4n) is 2.25. The first-order valence-corrected chi connectivity index (χ1v) is 7.32. The van der Waals surface area contributed by atoms with Crippen molar-refractivity contribution in [3.05, 3.63) is 35.6 Å². The van der Waals surface area contributed by atoms with Crippen molar-refractivity contribution >= 4 is 5.91 Å². The van der Waals surface area contributed by atoms with Crippen molar-refractivity contribution < 1.29 is 9.18 Å². The normalized spacial score (nSPS) is 12.2. The highest BCUT2D eigenvalue weighted by atomic mass is 19.1. The molecule has 1 amide bonds. The smallest absolute Gasteiger partial charge is 0.223 e. The van der Waals surface area contributed by atoms with E-state index in [1.165, 1.54) is 6.07 Å². The molecule has 20 heavy (non-hydrogen) atoms. The molecule has 1 atom stereocenters. The number of hydrogen-bond acceptors (Lipinski definition) is 2. The van der Waals surface area contributed by atoms with E-state index >= 15 is 0 Å². The Balaban J connectivity index is 2.30. The Morgan fingerprint density at radius 3 is 2.65 bits per heavy atom. The number of rotatable bonds is 8. The van der Waals surface area contributed by atoms with Crippen molar-refractivity contribution in [1.29, 1.82) is 0 Å². The number of carbonyl (C=O) groups is 1. The Labute approximate surface area is 121 Å². The third-order valence-corrected chi connectivity index (χ3v) is 3.38. The molecule has 0 heterocycles. The monoisotopic (exact) mass is 280 g/mol. The Bertz CT molecular complexity index is 419. The van der Waals surface area contributed by atoms with Crippen LogP contribution in [0.2, 0.25) is 0 Å². The predicted molar refractivity (Wildman–Crippen MR) is 80.1 cm³/mol. The molecule has 0 aromatic heterocycles. The molecule has 1 rings (SSSR count). The van der Waals surface area contributed by atoms with Crippen LogP contribution < -0.4 is 5.32 Å². The van der Waals surface area contributed by atoms with Gasteiger partial charge in [0, 0.05) is 32.1 Å². The summed E-state index contributed by atoms with van der Waals surface area (Å²) < 4.78 is 13.1. The summed E-state index contributed by atoms with van der Waals surface area (Å²) >= 11 is 0. The zero-order valence-electron chi connectivity index (χ0n) is 12.7. The number of nitrogens with zero attached hydrogens (tertiary/aromatic N) is 1. The van der Waals surface area contributed by atoms with Crippen LogP contribution in [-0.4, -0.2) is 36.5 Å². The first kappa shape index (κ1) is 16.6. The van der Waals surface area contributed by atoms with Crippen LogP contribution in [0.3, 0.4) is 0 Å². The molecule has 4 heteroatoms. The minimum atomic E-state index is -0.202. The Kier molecular flexibility index (Phi) is 7.23. The fourth-order valence-corrected chi connectivity index (χ4v) is 2.25. The van der Waals surface area contributed by atoms with Crippen molar-refractivity contribution in [2.45, 2.75) is 39.7 Å². The third kappa shape index (κ3) is 5.70. The molecular weight excluding hydrogens is 255 g/mol. The van der Waals surface area contributed by atoms with E-state index in [1.807, 2.05) is 31.7 Å². The quantitative estimate of drug-likeness (QED) is 0.794. The summed E-state index contributed by atoms with van der Waals surface area (Å²) in [6.45, 7) is 8.20. The van der Waals surface area contributed by atoms with Gasteiger partial charge in [-0.05, 0) is 44.9 Å². The van der Waals surface area contributed by atoms with E-state index in [0.717, 1.165) is 25.1 Å². The van der Waals surface area contributed by atoms with Crippen LogP contribution in [0.1, 0.15) is 32.8 Å². The van der Waals surface area contributed by atoms with Gasteiger partial charge < -0.3 is 10.2 Å². The van der Waals surface area contributed by atoms with Gasteiger partial charge in [0.2, 0.25) is 5.91 Å². The topological polar surface area (TPSA) is 32.3 Å². The average molecular weight is 280 g/mol. The maximum absolute atomic E-state index is 13.1. The summed E-state index contributed by atoms with van der Waals surface area (Å²) in [6.07, 6.45) is 1.27. The largest absolute Gasteiger partial charge is 0.343 e. The summed E-state index contributed by atoms with van der Waals surface area (Å²) in [5.74, 6) is -0.0214. The molecule has 0 radical (unpaired) electrons. The number of benzene rings is 1. The van der Waals surface area contributed by atoms with E-state index in [-0.39, 0.29) is 17.8 Å². The van der Waals surface area contributed by atoms with Gasteiger partial charge in [-0.3, -0.25) is 4.79 Å². The molecule has 1 aromatic rings. The van der Waals surface area contributed by atoms with E-state index in [1.54, 1.807) is 12.1 Å². The molecule has 3 nitrogen and oxygen atoms in total. The lowest BCUT2D eigenvalue weighted by atomic mass is 10.1. The van der Waals surface area contributed by atoms with Crippen LogP contribution in [0.4, 0.5) is 4.39 Å². The van der Waals surface area contributed by atoms with Gasteiger partial charge >= 0.3 is 0 Å². The summed E-state index contributed by atoms with van der Waals surface area (Å²) in [5.41, 5.74) is 0.972. The van der Waals surface area contributed by atoms with E-state index in [2.05, 4.69) is 5.32 Å². The van der Waals surface area contributed by atoms with E-state index in [4.69, 9.17) is 0 Å². The van der Waals surface area contributed by atoms with Gasteiger partial charge in [-0.15, -0.1) is 0 Å². The summed E-state index contributed by atoms with van der Waals surface area (Å²) in [6, 6.07) is 6.87. The Morgan fingerprint density at radius 1 is 1.35 bits per heavy atom. The lowest BCUT2D eigenvalue weighted by Crippen LogP contribution is -2.35. The first-order chi connectivity index (χ1) is 9.56. The molecule has 112 valence electrons. The number of carbonyl (C=O) groups excluding carboxylic acids is 1. The third-order valence-electron chi connectivity index (χ3n) is 3.38. The van der Waals surface area contributed by atoms with Gasteiger partial charge in [-0.2, -0.15) is 0 Å². The maximum Gasteiger partial charge on any atom is 0.223 e. The van der Waals surface area contributed by atoms with Gasteiger partial charge in [0.15, 0.2) is 0 Å². The maximum atomic E-state index is 13.1. The minimum Gasteiger partial charge on any atom is -0.343 e. The van der Waals surface area contributed by atoms with Crippen LogP contribution in [0, 0.1) is 5.82 Å². The average Bonchev–Trinajstić information content (AvgIpc) is 2.40. The van der Waals surface area contributed by atoms with Crippen LogP contribution in [0.5, 0.6) is 0 Å². The zero-order valence-corrected chi connectivity index (χ0v) is 12.7. The molecule has 0 aliphatic carbocycles. The molecule has 0 spiro atoms. The van der Waals surface area contributed by atoms with Crippen molar-refractivity contribution in [3.8, 4) is 0 Å². The molecule has 0 bridgehead atoms. The Morgan fingerprint density at radius 2 is 2.05 bits per heavy atom. The van der Waals surface area contributed by atoms with E-state index < -0.39 is 0 Å². The molecule has 0 aliphatic heterocycles. The predicted octanol–water partition coefficient (Wildman–Crippen LogP) is 2.60. The molecule has 0 saturated carbocycles. The van der Waals surface area contributed by atoms with Gasteiger partial charge in [-0.1, -0.05) is 12.1 Å². The van der Waals surface area contributed by atoms with Crippen LogP contribution in [0.25, 0.3) is 0 Å². The first-order valence-electron chi connectivity index (χ1n) is 7.32. The van der Waals surface area contributed by atoms with E-state index in [0.29, 0.717) is 13.0 Å². The van der Waals surface area contributed by atoms with Crippen molar-refractivity contribution in [3.63, 3.8) is 0 Å². The number of amides is 1. The van der Waals surface area contributed by atoms with Crippen molar-refractivity contribution in [2.75, 3.05) is 19.6 Å². The van der Waals surface area contributed by atoms with Gasteiger partial charge in [0.25, 0.3) is 0 Å². The van der Waals surface area contributed by atoms with Gasteiger partial charge in [-0.25, -0.2) is 4.39 Å². The molecular formula is C16H25FN2O. The lowest BCUT2D eigenvalue weighted by Gasteiger charge is -2.19.